The van der Waals surface area contributed by atoms with Crippen molar-refractivity contribution in [3.63, 3.8) is 0 Å². The molecule has 1 aliphatic rings. The second-order valence-electron chi connectivity index (χ2n) is 4.00. The van der Waals surface area contributed by atoms with Crippen molar-refractivity contribution in [2.45, 2.75) is 9.02 Å². The Morgan fingerprint density at radius 1 is 1.00 bits per heavy atom. The molecule has 1 aliphatic carbocycles. The molecule has 0 spiro atoms. The highest BCUT2D eigenvalue weighted by molar-refractivity contribution is 9.25. The highest BCUT2D eigenvalue weighted by Crippen LogP contribution is 2.47. The van der Waals surface area contributed by atoms with E-state index in [1.54, 1.807) is 14.2 Å². The van der Waals surface area contributed by atoms with Gasteiger partial charge in [-0.05, 0) is 17.2 Å². The number of hydrogen-bond acceptors (Lipinski definition) is 2. The molecule has 0 heterocycles. The summed E-state index contributed by atoms with van der Waals surface area (Å²) in [7, 11) is 3.25. The maximum Gasteiger partial charge on any atom is 0.217 e. The second-order valence-corrected chi connectivity index (χ2v) is 7.56. The van der Waals surface area contributed by atoms with Gasteiger partial charge >= 0.3 is 0 Å². The number of alkyl halides is 2. The van der Waals surface area contributed by atoms with E-state index in [4.69, 9.17) is 9.47 Å². The van der Waals surface area contributed by atoms with Gasteiger partial charge < -0.3 is 9.47 Å². The average molecular weight is 374 g/mol. The van der Waals surface area contributed by atoms with Crippen LogP contribution in [0.2, 0.25) is 0 Å². The first kappa shape index (κ1) is 14.0. The summed E-state index contributed by atoms with van der Waals surface area (Å²) in [5.74, 6) is -0.882. The predicted molar refractivity (Wildman–Crippen MR) is 80.9 cm³/mol. The fourth-order valence-corrected chi connectivity index (χ4v) is 3.08. The van der Waals surface area contributed by atoms with Crippen LogP contribution in [0.3, 0.4) is 0 Å². The van der Waals surface area contributed by atoms with Crippen molar-refractivity contribution in [1.29, 1.82) is 0 Å². The fourth-order valence-electron chi connectivity index (χ4n) is 1.94. The van der Waals surface area contributed by atoms with Crippen molar-refractivity contribution in [2.75, 3.05) is 14.2 Å². The lowest BCUT2D eigenvalue weighted by Gasteiger charge is -2.39. The first-order valence-corrected chi connectivity index (χ1v) is 7.09. The predicted octanol–water partition coefficient (Wildman–Crippen LogP) is 4.12. The van der Waals surface area contributed by atoms with Gasteiger partial charge in [0, 0.05) is 14.2 Å². The molecular formula is C14H14Br2O2. The summed E-state index contributed by atoms with van der Waals surface area (Å²) < 4.78 is 10.5. The summed E-state index contributed by atoms with van der Waals surface area (Å²) >= 11 is 7.14. The summed E-state index contributed by atoms with van der Waals surface area (Å²) in [5, 5.41) is 0. The summed E-state index contributed by atoms with van der Waals surface area (Å²) in [6.07, 6.45) is 5.98. The third kappa shape index (κ3) is 2.35. The smallest absolute Gasteiger partial charge is 0.217 e. The number of halogens is 2. The summed E-state index contributed by atoms with van der Waals surface area (Å²) in [4.78, 5) is 0. The Hall–Kier alpha value is -0.420. The van der Waals surface area contributed by atoms with E-state index >= 15 is 0 Å². The van der Waals surface area contributed by atoms with Crippen molar-refractivity contribution < 1.29 is 9.47 Å². The lowest BCUT2D eigenvalue weighted by molar-refractivity contribution is -0.166. The van der Waals surface area contributed by atoms with Crippen LogP contribution in [0.1, 0.15) is 5.56 Å². The number of rotatable bonds is 3. The van der Waals surface area contributed by atoms with Crippen LogP contribution in [-0.4, -0.2) is 23.2 Å². The van der Waals surface area contributed by atoms with Crippen LogP contribution in [-0.2, 0) is 9.47 Å². The highest BCUT2D eigenvalue weighted by atomic mass is 79.9. The molecule has 1 aromatic rings. The number of ether oxygens (including phenoxy) is 2. The topological polar surface area (TPSA) is 18.5 Å². The Kier molecular flexibility index (Phi) is 4.11. The van der Waals surface area contributed by atoms with E-state index in [1.807, 2.05) is 36.4 Å². The van der Waals surface area contributed by atoms with E-state index < -0.39 is 9.02 Å². The van der Waals surface area contributed by atoms with Gasteiger partial charge in [-0.1, -0.05) is 74.3 Å². The van der Waals surface area contributed by atoms with Crippen LogP contribution < -0.4 is 0 Å². The molecule has 4 heteroatoms. The van der Waals surface area contributed by atoms with Crippen LogP contribution in [0.25, 0.3) is 5.57 Å². The number of allylic oxidation sites excluding steroid dienone is 2. The molecule has 0 aromatic heterocycles. The van der Waals surface area contributed by atoms with Crippen molar-refractivity contribution in [3.05, 3.63) is 54.1 Å². The van der Waals surface area contributed by atoms with E-state index in [0.717, 1.165) is 11.1 Å². The van der Waals surface area contributed by atoms with E-state index in [0.29, 0.717) is 0 Å². The number of hydrogen-bond donors (Lipinski definition) is 0. The largest absolute Gasteiger partial charge is 0.348 e. The zero-order valence-corrected chi connectivity index (χ0v) is 13.4. The van der Waals surface area contributed by atoms with Gasteiger partial charge in [-0.25, -0.2) is 0 Å². The molecule has 18 heavy (non-hydrogen) atoms. The molecule has 0 fully saturated rings. The monoisotopic (exact) mass is 372 g/mol. The van der Waals surface area contributed by atoms with Crippen molar-refractivity contribution >= 4 is 37.4 Å². The van der Waals surface area contributed by atoms with E-state index in [-0.39, 0.29) is 0 Å². The Balaban J connectivity index is 2.47. The molecular weight excluding hydrogens is 360 g/mol. The maximum absolute atomic E-state index is 5.55. The second kappa shape index (κ2) is 5.29. The van der Waals surface area contributed by atoms with E-state index in [9.17, 15) is 0 Å². The van der Waals surface area contributed by atoms with Gasteiger partial charge in [-0.15, -0.1) is 0 Å². The van der Waals surface area contributed by atoms with Gasteiger partial charge in [0.1, 0.15) is 0 Å². The zero-order chi connectivity index (χ0) is 13.2. The maximum atomic E-state index is 5.55. The minimum Gasteiger partial charge on any atom is -0.348 e. The van der Waals surface area contributed by atoms with Crippen LogP contribution in [0, 0.1) is 0 Å². The van der Waals surface area contributed by atoms with Gasteiger partial charge in [0.25, 0.3) is 0 Å². The van der Waals surface area contributed by atoms with Gasteiger partial charge in [0.05, 0.1) is 0 Å². The number of methoxy groups -OCH3 is 2. The quantitative estimate of drug-likeness (QED) is 0.586. The molecule has 2 rings (SSSR count). The lowest BCUT2D eigenvalue weighted by atomic mass is 9.95. The molecule has 0 aliphatic heterocycles. The van der Waals surface area contributed by atoms with Crippen LogP contribution in [0.5, 0.6) is 0 Å². The minimum absolute atomic E-state index is 0.575. The van der Waals surface area contributed by atoms with Gasteiger partial charge in [0.2, 0.25) is 5.79 Å². The van der Waals surface area contributed by atoms with Crippen LogP contribution in [0.4, 0.5) is 0 Å². The Morgan fingerprint density at radius 3 is 2.17 bits per heavy atom. The Labute approximate surface area is 124 Å². The molecule has 0 N–H and O–H groups in total. The summed E-state index contributed by atoms with van der Waals surface area (Å²) in [6.45, 7) is 0. The molecule has 96 valence electrons. The molecule has 0 saturated carbocycles. The third-order valence-electron chi connectivity index (χ3n) is 3.00. The molecule has 0 saturated heterocycles. The van der Waals surface area contributed by atoms with Crippen molar-refractivity contribution in [3.8, 4) is 0 Å². The molecule has 0 atom stereocenters. The fraction of sp³-hybridized carbons (Fsp3) is 0.286. The first-order chi connectivity index (χ1) is 8.54. The minimum atomic E-state index is -0.882. The molecule has 2 nitrogen and oxygen atoms in total. The van der Waals surface area contributed by atoms with Gasteiger partial charge in [-0.2, -0.15) is 0 Å². The SMILES string of the molecule is COC1(OC)C=C(c2ccccc2)C=CC1(Br)Br. The first-order valence-electron chi connectivity index (χ1n) is 5.50. The molecule has 0 radical (unpaired) electrons. The van der Waals surface area contributed by atoms with Crippen LogP contribution >= 0.6 is 31.9 Å². The molecule has 0 unspecified atom stereocenters. The number of benzene rings is 1. The molecule has 1 aromatic carbocycles. The lowest BCUT2D eigenvalue weighted by Crippen LogP contribution is -2.47. The van der Waals surface area contributed by atoms with E-state index in [2.05, 4.69) is 44.0 Å². The zero-order valence-electron chi connectivity index (χ0n) is 10.2. The van der Waals surface area contributed by atoms with Gasteiger partial charge in [-0.3, -0.25) is 0 Å². The summed E-state index contributed by atoms with van der Waals surface area (Å²) in [6, 6.07) is 10.1. The standard InChI is InChI=1S/C14H14Br2O2/c1-17-14(18-2)10-12(8-9-13(14,15)16)11-6-4-3-5-7-11/h3-10H,1-2H3. The summed E-state index contributed by atoms with van der Waals surface area (Å²) in [5.41, 5.74) is 2.19. The van der Waals surface area contributed by atoms with E-state index in [1.165, 1.54) is 0 Å². The van der Waals surface area contributed by atoms with Gasteiger partial charge in [0.15, 0.2) is 3.23 Å². The third-order valence-corrected chi connectivity index (χ3v) is 4.63. The average Bonchev–Trinajstić information content (AvgIpc) is 2.40. The normalized spacial score (nSPS) is 20.6. The Bertz CT molecular complexity index is 474. The molecule has 0 bridgehead atoms. The van der Waals surface area contributed by atoms with Crippen molar-refractivity contribution in [2.24, 2.45) is 0 Å². The van der Waals surface area contributed by atoms with Crippen molar-refractivity contribution in [1.82, 2.24) is 0 Å². The molecule has 0 amide bonds. The Morgan fingerprint density at radius 2 is 1.61 bits per heavy atom. The van der Waals surface area contributed by atoms with Crippen LogP contribution in [0.15, 0.2) is 48.6 Å². The highest BCUT2D eigenvalue weighted by Gasteiger charge is 2.48.